The van der Waals surface area contributed by atoms with Gasteiger partial charge in [0.05, 0.1) is 17.6 Å². The highest BCUT2D eigenvalue weighted by Gasteiger charge is 2.48. The van der Waals surface area contributed by atoms with Crippen LogP contribution in [0.4, 0.5) is 5.69 Å². The van der Waals surface area contributed by atoms with Crippen molar-refractivity contribution < 1.29 is 14.1 Å². The molecule has 2 aliphatic carbocycles. The van der Waals surface area contributed by atoms with Crippen LogP contribution >= 0.6 is 0 Å². The molecule has 0 unspecified atom stereocenters. The normalized spacial score (nSPS) is 16.5. The molecule has 0 aromatic carbocycles. The van der Waals surface area contributed by atoms with E-state index in [0.29, 0.717) is 17.5 Å². The lowest BCUT2D eigenvalue weighted by Crippen LogP contribution is -2.50. The fraction of sp³-hybridized carbons (Fsp3) is 0.481. The summed E-state index contributed by atoms with van der Waals surface area (Å²) in [7, 11) is 0. The number of aromatic nitrogens is 3. The molecule has 8 heteroatoms. The molecule has 2 amide bonds. The topological polar surface area (TPSA) is 113 Å². The van der Waals surface area contributed by atoms with E-state index in [1.165, 1.54) is 6.26 Å². The molecular weight excluding hydrogens is 442 g/mol. The minimum Gasteiger partial charge on any atom is -0.364 e. The monoisotopic (exact) mass is 475 g/mol. The number of anilines is 1. The van der Waals surface area contributed by atoms with Gasteiger partial charge in [0.1, 0.15) is 12.3 Å². The summed E-state index contributed by atoms with van der Waals surface area (Å²) in [4.78, 5) is 34.6. The van der Waals surface area contributed by atoms with Crippen molar-refractivity contribution in [3.05, 3.63) is 53.3 Å². The van der Waals surface area contributed by atoms with Crippen molar-refractivity contribution in [2.24, 2.45) is 17.8 Å². The van der Waals surface area contributed by atoms with Crippen molar-refractivity contribution in [2.75, 3.05) is 5.32 Å². The lowest BCUT2D eigenvalue weighted by atomic mass is 9.88. The maximum Gasteiger partial charge on any atom is 0.274 e. The van der Waals surface area contributed by atoms with E-state index in [4.69, 9.17) is 4.52 Å². The maximum atomic E-state index is 13.6. The van der Waals surface area contributed by atoms with Crippen molar-refractivity contribution in [3.8, 4) is 11.3 Å². The fourth-order valence-corrected chi connectivity index (χ4v) is 5.15. The third kappa shape index (κ3) is 4.88. The molecule has 184 valence electrons. The van der Waals surface area contributed by atoms with E-state index in [-0.39, 0.29) is 29.3 Å². The number of rotatable bonds is 9. The van der Waals surface area contributed by atoms with Crippen molar-refractivity contribution in [3.63, 3.8) is 0 Å². The highest BCUT2D eigenvalue weighted by molar-refractivity contribution is 6.01. The van der Waals surface area contributed by atoms with E-state index in [1.807, 2.05) is 46.0 Å². The summed E-state index contributed by atoms with van der Waals surface area (Å²) in [5, 5.41) is 9.97. The first kappa shape index (κ1) is 23.3. The fourth-order valence-electron chi connectivity index (χ4n) is 5.15. The first-order valence-corrected chi connectivity index (χ1v) is 12.5. The molecule has 3 aromatic heterocycles. The average Bonchev–Trinajstić information content (AvgIpc) is 3.76. The summed E-state index contributed by atoms with van der Waals surface area (Å²) >= 11 is 0. The van der Waals surface area contributed by atoms with E-state index in [9.17, 15) is 9.59 Å². The third-order valence-electron chi connectivity index (χ3n) is 7.28. The Labute approximate surface area is 205 Å². The number of hydrogen-bond donors (Lipinski definition) is 3. The third-order valence-corrected chi connectivity index (χ3v) is 7.28. The van der Waals surface area contributed by atoms with Crippen LogP contribution in [0.1, 0.15) is 72.8 Å². The van der Waals surface area contributed by atoms with Crippen LogP contribution in [0.25, 0.3) is 11.3 Å². The first-order valence-electron chi connectivity index (χ1n) is 12.5. The van der Waals surface area contributed by atoms with Gasteiger partial charge < -0.3 is 20.1 Å². The second-order valence-corrected chi connectivity index (χ2v) is 10.4. The summed E-state index contributed by atoms with van der Waals surface area (Å²) in [6, 6.07) is 3.15. The Morgan fingerprint density at radius 3 is 2.37 bits per heavy atom. The van der Waals surface area contributed by atoms with Crippen LogP contribution in [0.3, 0.4) is 0 Å². The van der Waals surface area contributed by atoms with E-state index in [0.717, 1.165) is 53.8 Å². The molecular formula is C27H33N5O3. The summed E-state index contributed by atoms with van der Waals surface area (Å²) < 4.78 is 5.08. The number of hydrogen-bond acceptors (Lipinski definition) is 5. The maximum absolute atomic E-state index is 13.6. The quantitative estimate of drug-likeness (QED) is 0.404. The van der Waals surface area contributed by atoms with Crippen LogP contribution in [0.5, 0.6) is 0 Å². The van der Waals surface area contributed by atoms with Crippen molar-refractivity contribution in [2.45, 2.75) is 65.3 Å². The predicted molar refractivity (Wildman–Crippen MR) is 133 cm³/mol. The van der Waals surface area contributed by atoms with Gasteiger partial charge in [-0.15, -0.1) is 0 Å². The Hall–Kier alpha value is -3.42. The number of aryl methyl sites for hydroxylation is 2. The second-order valence-electron chi connectivity index (χ2n) is 10.4. The van der Waals surface area contributed by atoms with Crippen LogP contribution in [-0.4, -0.2) is 33.0 Å². The molecule has 1 atom stereocenters. The van der Waals surface area contributed by atoms with Gasteiger partial charge in [-0.25, -0.2) is 0 Å². The van der Waals surface area contributed by atoms with E-state index >= 15 is 0 Å². The number of amides is 2. The van der Waals surface area contributed by atoms with Crippen molar-refractivity contribution in [1.82, 2.24) is 20.4 Å². The molecule has 2 saturated carbocycles. The van der Waals surface area contributed by atoms with Crippen LogP contribution in [0.15, 0.2) is 35.3 Å². The van der Waals surface area contributed by atoms with Gasteiger partial charge in [0.2, 0.25) is 5.91 Å². The molecule has 0 saturated heterocycles. The molecule has 2 aliphatic rings. The molecule has 0 spiro atoms. The molecule has 5 rings (SSSR count). The minimum atomic E-state index is -0.631. The molecule has 8 nitrogen and oxygen atoms in total. The van der Waals surface area contributed by atoms with Gasteiger partial charge >= 0.3 is 0 Å². The van der Waals surface area contributed by atoms with E-state index in [2.05, 4.69) is 25.8 Å². The second kappa shape index (κ2) is 9.32. The van der Waals surface area contributed by atoms with Crippen LogP contribution in [0.2, 0.25) is 0 Å². The van der Waals surface area contributed by atoms with E-state index in [1.54, 1.807) is 6.20 Å². The number of H-pyrrole nitrogens is 1. The lowest BCUT2D eigenvalue weighted by molar-refractivity contribution is -0.119. The smallest absolute Gasteiger partial charge is 0.274 e. The first-order chi connectivity index (χ1) is 16.8. The van der Waals surface area contributed by atoms with Crippen LogP contribution < -0.4 is 10.6 Å². The largest absolute Gasteiger partial charge is 0.364 e. The summed E-state index contributed by atoms with van der Waals surface area (Å²) in [5.74, 6) is 0.599. The molecule has 2 fully saturated rings. The van der Waals surface area contributed by atoms with Gasteiger partial charge in [-0.05, 0) is 80.9 Å². The van der Waals surface area contributed by atoms with Gasteiger partial charge in [-0.1, -0.05) is 19.0 Å². The number of nitrogens with one attached hydrogen (secondary N) is 3. The SMILES string of the molecule is Cc1c[nH]c(C)c1-c1ccc(NC(=O)[C@@H](NC(=O)c2nocc2C(C)C)C(C2CC2)C2CC2)cn1. The summed E-state index contributed by atoms with van der Waals surface area (Å²) in [5.41, 5.74) is 5.71. The highest BCUT2D eigenvalue weighted by atomic mass is 16.5. The van der Waals surface area contributed by atoms with Gasteiger partial charge in [0.15, 0.2) is 5.69 Å². The van der Waals surface area contributed by atoms with Crippen molar-refractivity contribution in [1.29, 1.82) is 0 Å². The zero-order valence-electron chi connectivity index (χ0n) is 20.7. The highest BCUT2D eigenvalue weighted by Crippen LogP contribution is 2.51. The average molecular weight is 476 g/mol. The molecule has 0 bridgehead atoms. The van der Waals surface area contributed by atoms with Crippen LogP contribution in [-0.2, 0) is 4.79 Å². The Balaban J connectivity index is 1.36. The zero-order valence-corrected chi connectivity index (χ0v) is 20.7. The van der Waals surface area contributed by atoms with Gasteiger partial charge in [0, 0.05) is 23.0 Å². The Morgan fingerprint density at radius 1 is 1.11 bits per heavy atom. The van der Waals surface area contributed by atoms with Gasteiger partial charge in [-0.2, -0.15) is 0 Å². The Morgan fingerprint density at radius 2 is 1.83 bits per heavy atom. The zero-order chi connectivity index (χ0) is 24.7. The summed E-state index contributed by atoms with van der Waals surface area (Å²) in [6.45, 7) is 8.02. The lowest BCUT2D eigenvalue weighted by Gasteiger charge is -2.27. The van der Waals surface area contributed by atoms with E-state index < -0.39 is 6.04 Å². The Kier molecular flexibility index (Phi) is 6.21. The number of pyridine rings is 1. The van der Waals surface area contributed by atoms with Gasteiger partial charge in [-0.3, -0.25) is 14.6 Å². The van der Waals surface area contributed by atoms with Gasteiger partial charge in [0.25, 0.3) is 5.91 Å². The number of carbonyl (C=O) groups excluding carboxylic acids is 2. The summed E-state index contributed by atoms with van der Waals surface area (Å²) in [6.07, 6.45) is 9.57. The molecule has 0 radical (unpaired) electrons. The molecule has 3 heterocycles. The number of nitrogens with zero attached hydrogens (tertiary/aromatic N) is 2. The predicted octanol–water partition coefficient (Wildman–Crippen LogP) is 4.98. The minimum absolute atomic E-state index is 0.0915. The molecule has 3 N–H and O–H groups in total. The standard InChI is InChI=1S/C27H33N5O3/c1-14(2)20-13-35-32-24(20)26(33)31-25(23(17-5-6-17)18-7-8-18)27(34)30-19-9-10-21(29-12-19)22-15(3)11-28-16(22)4/h9-14,17-18,23,25,28H,5-8H2,1-4H3,(H,30,34)(H,31,33)/t25-/m0/s1. The number of aromatic amines is 1. The number of carbonyl (C=O) groups is 2. The van der Waals surface area contributed by atoms with Crippen molar-refractivity contribution >= 4 is 17.5 Å². The molecule has 3 aromatic rings. The Bertz CT molecular complexity index is 1190. The molecule has 35 heavy (non-hydrogen) atoms. The molecule has 0 aliphatic heterocycles. The van der Waals surface area contributed by atoms with Crippen LogP contribution in [0, 0.1) is 31.6 Å².